The highest BCUT2D eigenvalue weighted by molar-refractivity contribution is 7.10. The van der Waals surface area contributed by atoms with Crippen LogP contribution in [0.2, 0.25) is 0 Å². The van der Waals surface area contributed by atoms with E-state index in [9.17, 15) is 0 Å². The second-order valence-electron chi connectivity index (χ2n) is 4.74. The number of nitrogens with one attached hydrogen (secondary N) is 1. The molecule has 1 aliphatic rings. The molecule has 1 aromatic carbocycles. The van der Waals surface area contributed by atoms with Gasteiger partial charge in [0, 0.05) is 6.42 Å². The summed E-state index contributed by atoms with van der Waals surface area (Å²) in [4.78, 5) is 5.40. The van der Waals surface area contributed by atoms with Gasteiger partial charge >= 0.3 is 0 Å². The molecule has 5 N–H and O–H groups in total. The van der Waals surface area contributed by atoms with E-state index in [2.05, 4.69) is 10.3 Å². The number of fused-ring (bicyclic) bond motifs is 1. The van der Waals surface area contributed by atoms with E-state index >= 15 is 0 Å². The molecule has 104 valence electrons. The number of benzene rings is 1. The van der Waals surface area contributed by atoms with Gasteiger partial charge in [-0.2, -0.15) is 0 Å². The molecule has 0 fully saturated rings. The first-order valence-corrected chi connectivity index (χ1v) is 7.11. The average Bonchev–Trinajstić information content (AvgIpc) is 2.87. The number of thiophene rings is 1. The van der Waals surface area contributed by atoms with Crippen molar-refractivity contribution in [1.82, 2.24) is 0 Å². The lowest BCUT2D eigenvalue weighted by Crippen LogP contribution is -2.43. The third-order valence-electron chi connectivity index (χ3n) is 3.25. The summed E-state index contributed by atoms with van der Waals surface area (Å²) in [5, 5.41) is 5.02. The normalized spacial score (nSPS) is 20.8. The summed E-state index contributed by atoms with van der Waals surface area (Å²) in [6.07, 6.45) is 0.570. The molecule has 20 heavy (non-hydrogen) atoms. The van der Waals surface area contributed by atoms with Crippen molar-refractivity contribution in [3.63, 3.8) is 0 Å². The number of anilines is 1. The Hall–Kier alpha value is -2.05. The summed E-state index contributed by atoms with van der Waals surface area (Å²) in [7, 11) is 1.65. The van der Waals surface area contributed by atoms with E-state index in [4.69, 9.17) is 16.2 Å². The minimum absolute atomic E-state index is 0.348. The number of ether oxygens (including phenoxy) is 1. The molecule has 5 nitrogen and oxygen atoms in total. The topological polar surface area (TPSA) is 85.7 Å². The molecule has 6 heteroatoms. The number of hydrogen-bond acceptors (Lipinski definition) is 6. The van der Waals surface area contributed by atoms with Gasteiger partial charge in [0.25, 0.3) is 0 Å². The molecule has 0 radical (unpaired) electrons. The van der Waals surface area contributed by atoms with Crippen LogP contribution in [0.25, 0.3) is 0 Å². The van der Waals surface area contributed by atoms with Crippen molar-refractivity contribution in [3.05, 3.63) is 46.2 Å². The van der Waals surface area contributed by atoms with Gasteiger partial charge in [0.1, 0.15) is 5.75 Å². The van der Waals surface area contributed by atoms with Crippen LogP contribution in [0.3, 0.4) is 0 Å². The molecule has 1 aliphatic heterocycles. The van der Waals surface area contributed by atoms with Crippen molar-refractivity contribution in [2.75, 3.05) is 12.4 Å². The fourth-order valence-electron chi connectivity index (χ4n) is 2.39. The lowest BCUT2D eigenvalue weighted by Gasteiger charge is -2.30. The third kappa shape index (κ3) is 2.23. The number of aliphatic imine (C=N–C) groups is 1. The minimum Gasteiger partial charge on any atom is -0.497 e. The molecule has 3 rings (SSSR count). The van der Waals surface area contributed by atoms with Crippen LogP contribution < -0.4 is 21.5 Å². The van der Waals surface area contributed by atoms with Gasteiger partial charge in [-0.3, -0.25) is 0 Å². The molecule has 1 atom stereocenters. The standard InChI is InChI=1S/C14H16N4OS/c1-19-10-4-2-3-9(7-10)8-14(16)12-11(5-6-20-12)17-13(15)18-14/h2-7H,8,16H2,1H3,(H3,15,17,18). The van der Waals surface area contributed by atoms with Crippen LogP contribution in [-0.4, -0.2) is 13.1 Å². The van der Waals surface area contributed by atoms with Crippen LogP contribution in [0.5, 0.6) is 5.75 Å². The molecule has 1 unspecified atom stereocenters. The van der Waals surface area contributed by atoms with Gasteiger partial charge in [0.15, 0.2) is 11.6 Å². The summed E-state index contributed by atoms with van der Waals surface area (Å²) in [5.41, 5.74) is 13.5. The van der Waals surface area contributed by atoms with Crippen LogP contribution in [0.4, 0.5) is 5.69 Å². The number of hydrogen-bond donors (Lipinski definition) is 3. The predicted octanol–water partition coefficient (Wildman–Crippen LogP) is 1.85. The quantitative estimate of drug-likeness (QED) is 0.804. The number of methoxy groups -OCH3 is 1. The van der Waals surface area contributed by atoms with Crippen molar-refractivity contribution >= 4 is 23.0 Å². The molecular formula is C14H16N4OS. The van der Waals surface area contributed by atoms with E-state index in [-0.39, 0.29) is 0 Å². The second kappa shape index (κ2) is 4.81. The Kier molecular flexibility index (Phi) is 3.11. The van der Waals surface area contributed by atoms with Crippen molar-refractivity contribution in [1.29, 1.82) is 0 Å². The Bertz CT molecular complexity index is 667. The van der Waals surface area contributed by atoms with Gasteiger partial charge < -0.3 is 21.5 Å². The lowest BCUT2D eigenvalue weighted by atomic mass is 9.97. The highest BCUT2D eigenvalue weighted by Crippen LogP contribution is 2.38. The molecule has 0 saturated heterocycles. The maximum absolute atomic E-state index is 6.49. The van der Waals surface area contributed by atoms with Crippen molar-refractivity contribution in [3.8, 4) is 5.75 Å². The Morgan fingerprint density at radius 3 is 3.05 bits per heavy atom. The van der Waals surface area contributed by atoms with Gasteiger partial charge in [-0.25, -0.2) is 4.99 Å². The number of nitrogens with two attached hydrogens (primary N) is 2. The van der Waals surface area contributed by atoms with Gasteiger partial charge in [0.05, 0.1) is 17.7 Å². The zero-order chi connectivity index (χ0) is 14.2. The Labute approximate surface area is 121 Å². The van der Waals surface area contributed by atoms with Crippen LogP contribution >= 0.6 is 11.3 Å². The fraction of sp³-hybridized carbons (Fsp3) is 0.214. The molecule has 0 saturated carbocycles. The van der Waals surface area contributed by atoms with Gasteiger partial charge in [-0.15, -0.1) is 11.3 Å². The van der Waals surface area contributed by atoms with Crippen LogP contribution in [0, 0.1) is 0 Å². The zero-order valence-electron chi connectivity index (χ0n) is 11.1. The smallest absolute Gasteiger partial charge is 0.195 e. The molecule has 1 aromatic heterocycles. The molecule has 0 bridgehead atoms. The van der Waals surface area contributed by atoms with Crippen molar-refractivity contribution in [2.24, 2.45) is 16.5 Å². The molecule has 0 aliphatic carbocycles. The average molecular weight is 288 g/mol. The predicted molar refractivity (Wildman–Crippen MR) is 82.1 cm³/mol. The van der Waals surface area contributed by atoms with E-state index < -0.39 is 5.66 Å². The highest BCUT2D eigenvalue weighted by atomic mass is 32.1. The summed E-state index contributed by atoms with van der Waals surface area (Å²) in [6.45, 7) is 0. The first-order chi connectivity index (χ1) is 9.60. The lowest BCUT2D eigenvalue weighted by molar-refractivity contribution is 0.412. The summed E-state index contributed by atoms with van der Waals surface area (Å²) in [6, 6.07) is 9.80. The van der Waals surface area contributed by atoms with Crippen LogP contribution in [0.15, 0.2) is 40.7 Å². The maximum Gasteiger partial charge on any atom is 0.195 e. The minimum atomic E-state index is -0.828. The van der Waals surface area contributed by atoms with Crippen LogP contribution in [0.1, 0.15) is 10.4 Å². The first-order valence-electron chi connectivity index (χ1n) is 6.23. The SMILES string of the molecule is COc1cccc(CC2(N)N=C(N)Nc3ccsc32)c1. The van der Waals surface area contributed by atoms with Crippen molar-refractivity contribution < 1.29 is 4.74 Å². The molecule has 0 amide bonds. The van der Waals surface area contributed by atoms with Crippen molar-refractivity contribution in [2.45, 2.75) is 12.1 Å². The van der Waals surface area contributed by atoms with Gasteiger partial charge in [-0.05, 0) is 29.1 Å². The molecule has 2 heterocycles. The molecule has 2 aromatic rings. The third-order valence-corrected chi connectivity index (χ3v) is 4.33. The van der Waals surface area contributed by atoms with E-state index in [0.717, 1.165) is 21.9 Å². The summed E-state index contributed by atoms with van der Waals surface area (Å²) in [5.74, 6) is 1.16. The van der Waals surface area contributed by atoms with Gasteiger partial charge in [-0.1, -0.05) is 12.1 Å². The number of rotatable bonds is 3. The highest BCUT2D eigenvalue weighted by Gasteiger charge is 2.34. The first kappa shape index (κ1) is 13.0. The largest absolute Gasteiger partial charge is 0.497 e. The van der Waals surface area contributed by atoms with E-state index in [1.165, 1.54) is 0 Å². The van der Waals surface area contributed by atoms with Gasteiger partial charge in [0.2, 0.25) is 0 Å². The van der Waals surface area contributed by atoms with E-state index in [0.29, 0.717) is 12.4 Å². The van der Waals surface area contributed by atoms with E-state index in [1.807, 2.05) is 35.7 Å². The monoisotopic (exact) mass is 288 g/mol. The van der Waals surface area contributed by atoms with E-state index in [1.54, 1.807) is 18.4 Å². The molecular weight excluding hydrogens is 272 g/mol. The number of nitrogens with zero attached hydrogens (tertiary/aromatic N) is 1. The summed E-state index contributed by atoms with van der Waals surface area (Å²) >= 11 is 1.58. The summed E-state index contributed by atoms with van der Waals surface area (Å²) < 4.78 is 5.24. The van der Waals surface area contributed by atoms with Crippen LogP contribution in [-0.2, 0) is 12.1 Å². The fourth-order valence-corrected chi connectivity index (χ4v) is 3.30. The zero-order valence-corrected chi connectivity index (χ0v) is 11.9. The Morgan fingerprint density at radius 2 is 2.25 bits per heavy atom. The number of guanidine groups is 1. The second-order valence-corrected chi connectivity index (χ2v) is 5.65. The molecule has 0 spiro atoms. The maximum atomic E-state index is 6.49. The Morgan fingerprint density at radius 1 is 1.40 bits per heavy atom. The Balaban J connectivity index is 1.97.